The second-order valence-electron chi connectivity index (χ2n) is 8.29. The molecule has 0 fully saturated rings. The summed E-state index contributed by atoms with van der Waals surface area (Å²) < 4.78 is 12.4. The number of ether oxygens (including phenoxy) is 1. The average Bonchev–Trinajstić information content (AvgIpc) is 3.44. The molecule has 0 saturated carbocycles. The molecule has 4 rings (SSSR count). The van der Waals surface area contributed by atoms with E-state index in [4.69, 9.17) is 14.1 Å². The SMILES string of the molecule is CCc1sc(-c2nnc(CSc3nc4cc(C(=O)OC)ccc4c(=O)n3CC(C)C)o2)cc1C. The normalized spacial score (nSPS) is 11.5. The molecule has 1 aromatic carbocycles. The van der Waals surface area contributed by atoms with Crippen LogP contribution in [-0.4, -0.2) is 32.8 Å². The summed E-state index contributed by atoms with van der Waals surface area (Å²) in [7, 11) is 1.32. The Morgan fingerprint density at radius 2 is 2.06 bits per heavy atom. The maximum atomic E-state index is 13.2. The molecule has 0 aliphatic rings. The first-order valence-corrected chi connectivity index (χ1v) is 12.8. The van der Waals surface area contributed by atoms with E-state index in [2.05, 4.69) is 30.1 Å². The number of aromatic nitrogens is 4. The van der Waals surface area contributed by atoms with Crippen LogP contribution in [0.1, 0.15) is 47.5 Å². The van der Waals surface area contributed by atoms with E-state index >= 15 is 0 Å². The van der Waals surface area contributed by atoms with E-state index in [-0.39, 0.29) is 11.5 Å². The van der Waals surface area contributed by atoms with E-state index in [1.165, 1.54) is 29.3 Å². The number of hydrogen-bond acceptors (Lipinski definition) is 9. The van der Waals surface area contributed by atoms with Gasteiger partial charge >= 0.3 is 5.97 Å². The number of carbonyl (C=O) groups excluding carboxylic acids is 1. The molecular weight excluding hydrogens is 472 g/mol. The summed E-state index contributed by atoms with van der Waals surface area (Å²) in [6.07, 6.45) is 0.964. The standard InChI is InChI=1S/C24H26N4O4S2/c1-6-18-14(4)9-19(34-18)21-27-26-20(32-21)12-33-24-25-17-10-15(23(30)31-5)7-8-16(17)22(29)28(24)11-13(2)3/h7-10,13H,6,11-12H2,1-5H3. The Hall–Kier alpha value is -2.98. The van der Waals surface area contributed by atoms with Gasteiger partial charge < -0.3 is 9.15 Å². The summed E-state index contributed by atoms with van der Waals surface area (Å²) in [5, 5.41) is 9.39. The van der Waals surface area contributed by atoms with Gasteiger partial charge in [0, 0.05) is 11.4 Å². The van der Waals surface area contributed by atoms with Crippen molar-refractivity contribution in [3.05, 3.63) is 56.5 Å². The zero-order valence-corrected chi connectivity index (χ0v) is 21.4. The van der Waals surface area contributed by atoms with Crippen LogP contribution in [0.2, 0.25) is 0 Å². The third-order valence-corrected chi connectivity index (χ3v) is 7.56. The van der Waals surface area contributed by atoms with Crippen LogP contribution in [0.4, 0.5) is 0 Å². The summed E-state index contributed by atoms with van der Waals surface area (Å²) in [6, 6.07) is 6.86. The summed E-state index contributed by atoms with van der Waals surface area (Å²) >= 11 is 3.02. The van der Waals surface area contributed by atoms with Crippen LogP contribution in [0, 0.1) is 12.8 Å². The van der Waals surface area contributed by atoms with Gasteiger partial charge in [-0.25, -0.2) is 9.78 Å². The van der Waals surface area contributed by atoms with Gasteiger partial charge in [0.25, 0.3) is 11.4 Å². The topological polar surface area (TPSA) is 100 Å². The second kappa shape index (κ2) is 10.1. The van der Waals surface area contributed by atoms with Crippen molar-refractivity contribution in [1.29, 1.82) is 0 Å². The lowest BCUT2D eigenvalue weighted by Crippen LogP contribution is -2.25. The molecule has 0 radical (unpaired) electrons. The number of rotatable bonds is 8. The summed E-state index contributed by atoms with van der Waals surface area (Å²) in [5.74, 6) is 1.09. The number of esters is 1. The highest BCUT2D eigenvalue weighted by atomic mass is 32.2. The van der Waals surface area contributed by atoms with Gasteiger partial charge in [0.1, 0.15) is 0 Å². The molecule has 0 aliphatic carbocycles. The molecular formula is C24H26N4O4S2. The highest BCUT2D eigenvalue weighted by Gasteiger charge is 2.18. The van der Waals surface area contributed by atoms with E-state index in [1.54, 1.807) is 34.1 Å². The molecule has 0 saturated heterocycles. The number of aryl methyl sites for hydroxylation is 2. The number of fused-ring (bicyclic) bond motifs is 1. The number of nitrogens with zero attached hydrogens (tertiary/aromatic N) is 4. The zero-order valence-electron chi connectivity index (χ0n) is 19.7. The lowest BCUT2D eigenvalue weighted by molar-refractivity contribution is 0.0601. The molecule has 178 valence electrons. The molecule has 3 aromatic heterocycles. The van der Waals surface area contributed by atoms with Crippen LogP contribution < -0.4 is 5.56 Å². The van der Waals surface area contributed by atoms with Crippen LogP contribution in [-0.2, 0) is 23.5 Å². The van der Waals surface area contributed by atoms with Gasteiger partial charge in [0.2, 0.25) is 5.89 Å². The number of thioether (sulfide) groups is 1. The molecule has 0 spiro atoms. The third kappa shape index (κ3) is 4.92. The fourth-order valence-electron chi connectivity index (χ4n) is 3.60. The van der Waals surface area contributed by atoms with Gasteiger partial charge in [-0.2, -0.15) is 0 Å². The van der Waals surface area contributed by atoms with Gasteiger partial charge in [-0.1, -0.05) is 32.5 Å². The van der Waals surface area contributed by atoms with Crippen LogP contribution in [0.15, 0.2) is 38.6 Å². The molecule has 0 bridgehead atoms. The molecule has 3 heterocycles. The number of benzene rings is 1. The molecule has 0 N–H and O–H groups in total. The number of hydrogen-bond donors (Lipinski definition) is 0. The van der Waals surface area contributed by atoms with Crippen molar-refractivity contribution in [3.63, 3.8) is 0 Å². The zero-order chi connectivity index (χ0) is 24.4. The Balaban J connectivity index is 1.65. The molecule has 10 heteroatoms. The van der Waals surface area contributed by atoms with Gasteiger partial charge in [-0.15, -0.1) is 21.5 Å². The molecule has 0 atom stereocenters. The van der Waals surface area contributed by atoms with Gasteiger partial charge in [0.15, 0.2) is 5.16 Å². The fraction of sp³-hybridized carbons (Fsp3) is 0.375. The minimum absolute atomic E-state index is 0.148. The Bertz CT molecular complexity index is 1400. The maximum Gasteiger partial charge on any atom is 0.337 e. The lowest BCUT2D eigenvalue weighted by Gasteiger charge is -2.14. The molecule has 0 unspecified atom stereocenters. The first kappa shape index (κ1) is 24.2. The molecule has 34 heavy (non-hydrogen) atoms. The van der Waals surface area contributed by atoms with Crippen LogP contribution in [0.25, 0.3) is 21.7 Å². The highest BCUT2D eigenvalue weighted by molar-refractivity contribution is 7.98. The fourth-order valence-corrected chi connectivity index (χ4v) is 5.48. The van der Waals surface area contributed by atoms with Gasteiger partial charge in [-0.3, -0.25) is 9.36 Å². The van der Waals surface area contributed by atoms with Crippen LogP contribution in [0.3, 0.4) is 0 Å². The lowest BCUT2D eigenvalue weighted by atomic mass is 10.1. The van der Waals surface area contributed by atoms with Crippen molar-refractivity contribution in [2.75, 3.05) is 7.11 Å². The molecule has 0 aliphatic heterocycles. The van der Waals surface area contributed by atoms with E-state index in [9.17, 15) is 9.59 Å². The highest BCUT2D eigenvalue weighted by Crippen LogP contribution is 2.31. The maximum absolute atomic E-state index is 13.2. The van der Waals surface area contributed by atoms with Crippen LogP contribution >= 0.6 is 23.1 Å². The quantitative estimate of drug-likeness (QED) is 0.188. The van der Waals surface area contributed by atoms with E-state index < -0.39 is 5.97 Å². The largest absolute Gasteiger partial charge is 0.465 e. The smallest absolute Gasteiger partial charge is 0.337 e. The molecule has 4 aromatic rings. The minimum atomic E-state index is -0.474. The van der Waals surface area contributed by atoms with Crippen molar-refractivity contribution < 1.29 is 13.9 Å². The van der Waals surface area contributed by atoms with Gasteiger partial charge in [-0.05, 0) is 49.1 Å². The van der Waals surface area contributed by atoms with Crippen molar-refractivity contribution >= 4 is 40.0 Å². The number of methoxy groups -OCH3 is 1. The molecule has 0 amide bonds. The first-order valence-electron chi connectivity index (χ1n) is 11.0. The van der Waals surface area contributed by atoms with E-state index in [0.29, 0.717) is 45.7 Å². The van der Waals surface area contributed by atoms with E-state index in [1.807, 2.05) is 13.8 Å². The Kier molecular flexibility index (Phi) is 7.18. The summed E-state index contributed by atoms with van der Waals surface area (Å²) in [6.45, 7) is 8.82. The van der Waals surface area contributed by atoms with E-state index in [0.717, 1.165) is 11.3 Å². The number of carbonyl (C=O) groups is 1. The average molecular weight is 499 g/mol. The number of thiophene rings is 1. The monoisotopic (exact) mass is 498 g/mol. The van der Waals surface area contributed by atoms with Crippen molar-refractivity contribution in [1.82, 2.24) is 19.7 Å². The van der Waals surface area contributed by atoms with Crippen molar-refractivity contribution in [2.45, 2.75) is 51.6 Å². The first-order chi connectivity index (χ1) is 16.3. The van der Waals surface area contributed by atoms with Crippen molar-refractivity contribution in [2.24, 2.45) is 5.92 Å². The Morgan fingerprint density at radius 1 is 1.26 bits per heavy atom. The predicted octanol–water partition coefficient (Wildman–Crippen LogP) is 5.11. The predicted molar refractivity (Wildman–Crippen MR) is 133 cm³/mol. The van der Waals surface area contributed by atoms with Gasteiger partial charge in [0.05, 0.1) is 34.2 Å². The third-order valence-electron chi connectivity index (χ3n) is 5.23. The molecule has 8 nitrogen and oxygen atoms in total. The summed E-state index contributed by atoms with van der Waals surface area (Å²) in [4.78, 5) is 32.1. The van der Waals surface area contributed by atoms with Crippen molar-refractivity contribution in [3.8, 4) is 10.8 Å². The second-order valence-corrected chi connectivity index (χ2v) is 10.4. The summed E-state index contributed by atoms with van der Waals surface area (Å²) in [5.41, 5.74) is 1.87. The van der Waals surface area contributed by atoms with Crippen LogP contribution in [0.5, 0.6) is 0 Å². The Labute approximate surface area is 205 Å². The minimum Gasteiger partial charge on any atom is -0.465 e. The Morgan fingerprint density at radius 3 is 2.74 bits per heavy atom.